The van der Waals surface area contributed by atoms with Crippen LogP contribution in [0.4, 0.5) is 5.95 Å². The van der Waals surface area contributed by atoms with Crippen LogP contribution in [0.5, 0.6) is 0 Å². The second-order valence-corrected chi connectivity index (χ2v) is 4.54. The molecule has 0 saturated heterocycles. The van der Waals surface area contributed by atoms with Gasteiger partial charge < -0.3 is 10.8 Å². The molecule has 0 fully saturated rings. The molecule has 0 saturated carbocycles. The Balaban J connectivity index is 2.16. The number of benzene rings is 1. The van der Waals surface area contributed by atoms with E-state index in [0.717, 1.165) is 17.3 Å². The highest BCUT2D eigenvalue weighted by Crippen LogP contribution is 2.19. The number of carbonyl (C=O) groups is 1. The van der Waals surface area contributed by atoms with Gasteiger partial charge in [-0.05, 0) is 5.56 Å². The van der Waals surface area contributed by atoms with Gasteiger partial charge in [0.2, 0.25) is 5.95 Å². The minimum atomic E-state index is -0.896. The summed E-state index contributed by atoms with van der Waals surface area (Å²) in [5.74, 6) is -0.674. The third-order valence-electron chi connectivity index (χ3n) is 2.25. The number of carboxylic acids is 1. The molecule has 2 aromatic rings. The first-order valence-electron chi connectivity index (χ1n) is 5.24. The minimum Gasteiger partial charge on any atom is -0.481 e. The lowest BCUT2D eigenvalue weighted by atomic mass is 10.2. The van der Waals surface area contributed by atoms with Crippen molar-refractivity contribution in [2.75, 3.05) is 11.5 Å². The molecule has 0 unspecified atom stereocenters. The fourth-order valence-corrected chi connectivity index (χ4v) is 2.11. The van der Waals surface area contributed by atoms with Crippen molar-refractivity contribution >= 4 is 23.7 Å². The Bertz CT molecular complexity index is 541. The third-order valence-corrected chi connectivity index (χ3v) is 3.21. The van der Waals surface area contributed by atoms with Crippen molar-refractivity contribution in [1.29, 1.82) is 0 Å². The van der Waals surface area contributed by atoms with Crippen molar-refractivity contribution in [3.05, 3.63) is 35.9 Å². The summed E-state index contributed by atoms with van der Waals surface area (Å²) in [7, 11) is 0. The summed E-state index contributed by atoms with van der Waals surface area (Å²) in [5.41, 5.74) is 6.78. The third kappa shape index (κ3) is 3.01. The number of thioether (sulfide) groups is 1. The monoisotopic (exact) mass is 264 g/mol. The van der Waals surface area contributed by atoms with E-state index in [4.69, 9.17) is 10.8 Å². The van der Waals surface area contributed by atoms with Crippen molar-refractivity contribution in [3.63, 3.8) is 0 Å². The molecular formula is C11H12N4O2S. The Labute approximate surface area is 108 Å². The fourth-order valence-electron chi connectivity index (χ4n) is 1.45. The largest absolute Gasteiger partial charge is 0.481 e. The molecule has 2 rings (SSSR count). The molecule has 0 spiro atoms. The average molecular weight is 264 g/mol. The molecule has 1 heterocycles. The van der Waals surface area contributed by atoms with E-state index in [9.17, 15) is 4.79 Å². The van der Waals surface area contributed by atoms with Crippen LogP contribution in [0.15, 0.2) is 35.5 Å². The zero-order valence-corrected chi connectivity index (χ0v) is 10.3. The number of hydrogen-bond acceptors (Lipinski definition) is 5. The summed E-state index contributed by atoms with van der Waals surface area (Å²) in [4.78, 5) is 10.5. The van der Waals surface area contributed by atoms with Crippen LogP contribution >= 0.6 is 11.8 Å². The molecule has 6 nitrogen and oxygen atoms in total. The lowest BCUT2D eigenvalue weighted by molar-refractivity contribution is -0.133. The molecular weight excluding hydrogens is 252 g/mol. The summed E-state index contributed by atoms with van der Waals surface area (Å²) < 4.78 is 1.70. The number of aromatic nitrogens is 3. The molecule has 3 N–H and O–H groups in total. The quantitative estimate of drug-likeness (QED) is 0.785. The molecule has 18 heavy (non-hydrogen) atoms. The van der Waals surface area contributed by atoms with E-state index in [1.165, 1.54) is 0 Å². The number of nitrogens with zero attached hydrogens (tertiary/aromatic N) is 3. The molecule has 0 amide bonds. The van der Waals surface area contributed by atoms with E-state index in [2.05, 4.69) is 10.2 Å². The normalized spacial score (nSPS) is 10.4. The highest BCUT2D eigenvalue weighted by Gasteiger charge is 2.11. The van der Waals surface area contributed by atoms with Crippen LogP contribution in [0.1, 0.15) is 5.56 Å². The van der Waals surface area contributed by atoms with Crippen molar-refractivity contribution in [3.8, 4) is 0 Å². The average Bonchev–Trinajstić information content (AvgIpc) is 2.70. The number of rotatable bonds is 5. The van der Waals surface area contributed by atoms with Crippen LogP contribution in [0.2, 0.25) is 0 Å². The summed E-state index contributed by atoms with van der Waals surface area (Å²) in [6, 6.07) is 9.72. The van der Waals surface area contributed by atoms with E-state index in [0.29, 0.717) is 11.7 Å². The SMILES string of the molecule is Nc1nnc(SCC(=O)O)n1Cc1ccccc1. The van der Waals surface area contributed by atoms with Crippen molar-refractivity contribution < 1.29 is 9.90 Å². The predicted molar refractivity (Wildman–Crippen MR) is 68.3 cm³/mol. The number of hydrogen-bond donors (Lipinski definition) is 2. The number of anilines is 1. The van der Waals surface area contributed by atoms with Crippen LogP contribution in [-0.2, 0) is 11.3 Å². The van der Waals surface area contributed by atoms with Crippen LogP contribution in [0.25, 0.3) is 0 Å². The Morgan fingerprint density at radius 3 is 2.72 bits per heavy atom. The Morgan fingerprint density at radius 1 is 1.33 bits per heavy atom. The standard InChI is InChI=1S/C11H12N4O2S/c12-10-13-14-11(18-7-9(16)17)15(10)6-8-4-2-1-3-5-8/h1-5H,6-7H2,(H2,12,13)(H,16,17). The zero-order valence-electron chi connectivity index (χ0n) is 9.48. The van der Waals surface area contributed by atoms with Gasteiger partial charge in [-0.2, -0.15) is 0 Å². The zero-order chi connectivity index (χ0) is 13.0. The maximum absolute atomic E-state index is 10.5. The highest BCUT2D eigenvalue weighted by atomic mass is 32.2. The smallest absolute Gasteiger partial charge is 0.313 e. The Morgan fingerprint density at radius 2 is 2.06 bits per heavy atom. The van der Waals surface area contributed by atoms with E-state index >= 15 is 0 Å². The number of aliphatic carboxylic acids is 1. The lowest BCUT2D eigenvalue weighted by Gasteiger charge is -2.07. The van der Waals surface area contributed by atoms with E-state index < -0.39 is 5.97 Å². The molecule has 1 aromatic heterocycles. The molecule has 0 aliphatic heterocycles. The summed E-state index contributed by atoms with van der Waals surface area (Å²) in [6.45, 7) is 0.529. The molecule has 1 aromatic carbocycles. The van der Waals surface area contributed by atoms with Gasteiger partial charge in [0, 0.05) is 0 Å². The Kier molecular flexibility index (Phi) is 3.83. The fraction of sp³-hybridized carbons (Fsp3) is 0.182. The number of carboxylic acid groups (broad SMARTS) is 1. The lowest BCUT2D eigenvalue weighted by Crippen LogP contribution is -2.07. The van der Waals surface area contributed by atoms with Gasteiger partial charge >= 0.3 is 5.97 Å². The molecule has 7 heteroatoms. The van der Waals surface area contributed by atoms with Crippen molar-refractivity contribution in [2.24, 2.45) is 0 Å². The first-order valence-corrected chi connectivity index (χ1v) is 6.22. The summed E-state index contributed by atoms with van der Waals surface area (Å²) in [5, 5.41) is 16.8. The minimum absolute atomic E-state index is 0.0626. The second-order valence-electron chi connectivity index (χ2n) is 3.59. The van der Waals surface area contributed by atoms with Crippen LogP contribution in [0.3, 0.4) is 0 Å². The first-order chi connectivity index (χ1) is 8.66. The van der Waals surface area contributed by atoms with Gasteiger partial charge in [-0.25, -0.2) is 0 Å². The molecule has 0 bridgehead atoms. The highest BCUT2D eigenvalue weighted by molar-refractivity contribution is 7.99. The number of nitrogens with two attached hydrogens (primary N) is 1. The van der Waals surface area contributed by atoms with Crippen molar-refractivity contribution in [2.45, 2.75) is 11.7 Å². The summed E-state index contributed by atoms with van der Waals surface area (Å²) in [6.07, 6.45) is 0. The summed E-state index contributed by atoms with van der Waals surface area (Å²) >= 11 is 1.11. The van der Waals surface area contributed by atoms with Gasteiger partial charge in [-0.1, -0.05) is 42.1 Å². The molecule has 0 aliphatic carbocycles. The maximum Gasteiger partial charge on any atom is 0.313 e. The molecule has 0 aliphatic rings. The predicted octanol–water partition coefficient (Wildman–Crippen LogP) is 1.09. The molecule has 94 valence electrons. The van der Waals surface area contributed by atoms with Gasteiger partial charge in [0.05, 0.1) is 12.3 Å². The maximum atomic E-state index is 10.5. The molecule has 0 atom stereocenters. The topological polar surface area (TPSA) is 94.0 Å². The van der Waals surface area contributed by atoms with Crippen LogP contribution in [0, 0.1) is 0 Å². The first kappa shape index (κ1) is 12.4. The van der Waals surface area contributed by atoms with Gasteiger partial charge in [0.1, 0.15) is 0 Å². The van der Waals surface area contributed by atoms with Gasteiger partial charge in [-0.3, -0.25) is 9.36 Å². The second kappa shape index (κ2) is 5.54. The van der Waals surface area contributed by atoms with E-state index in [1.54, 1.807) is 4.57 Å². The van der Waals surface area contributed by atoms with Crippen LogP contribution < -0.4 is 5.73 Å². The van der Waals surface area contributed by atoms with Gasteiger partial charge in [-0.15, -0.1) is 10.2 Å². The molecule has 0 radical (unpaired) electrons. The van der Waals surface area contributed by atoms with E-state index in [-0.39, 0.29) is 11.7 Å². The number of nitrogen functional groups attached to an aromatic ring is 1. The van der Waals surface area contributed by atoms with Crippen molar-refractivity contribution in [1.82, 2.24) is 14.8 Å². The van der Waals surface area contributed by atoms with Gasteiger partial charge in [0.25, 0.3) is 0 Å². The Hall–Kier alpha value is -2.02. The van der Waals surface area contributed by atoms with E-state index in [1.807, 2.05) is 30.3 Å². The van der Waals surface area contributed by atoms with Crippen LogP contribution in [-0.4, -0.2) is 31.6 Å². The van der Waals surface area contributed by atoms with Gasteiger partial charge in [0.15, 0.2) is 5.16 Å².